The van der Waals surface area contributed by atoms with E-state index in [0.717, 1.165) is 12.0 Å². The Balaban J connectivity index is 2.04. The zero-order chi connectivity index (χ0) is 17.5. The third kappa shape index (κ3) is 4.35. The smallest absolute Gasteiger partial charge is 0.337 e. The second-order valence-corrected chi connectivity index (χ2v) is 5.53. The fourth-order valence-corrected chi connectivity index (χ4v) is 2.35. The summed E-state index contributed by atoms with van der Waals surface area (Å²) in [6.45, 7) is 4.02. The minimum Gasteiger partial charge on any atom is -0.483 e. The summed E-state index contributed by atoms with van der Waals surface area (Å²) < 4.78 is 5.63. The van der Waals surface area contributed by atoms with Gasteiger partial charge in [-0.05, 0) is 36.1 Å². The molecule has 0 fully saturated rings. The lowest BCUT2D eigenvalue weighted by Gasteiger charge is -2.15. The van der Waals surface area contributed by atoms with Gasteiger partial charge >= 0.3 is 5.97 Å². The van der Waals surface area contributed by atoms with Crippen LogP contribution in [0.25, 0.3) is 0 Å². The average molecular weight is 327 g/mol. The minimum atomic E-state index is -1.09. The number of rotatable bonds is 7. The number of carboxylic acid groups (broad SMARTS) is 1. The predicted octanol–water partition coefficient (Wildman–Crippen LogP) is 3.92. The molecule has 2 N–H and O–H groups in total. The number of carbonyl (C=O) groups is 2. The molecule has 0 aliphatic carbocycles. The van der Waals surface area contributed by atoms with Gasteiger partial charge in [0.25, 0.3) is 5.91 Å². The number of para-hydroxylation sites is 2. The predicted molar refractivity (Wildman–Crippen MR) is 92.7 cm³/mol. The summed E-state index contributed by atoms with van der Waals surface area (Å²) in [5.41, 5.74) is 1.36. The van der Waals surface area contributed by atoms with Gasteiger partial charge in [-0.15, -0.1) is 0 Å². The van der Waals surface area contributed by atoms with E-state index in [0.29, 0.717) is 11.7 Å². The Kier molecular flexibility index (Phi) is 5.95. The van der Waals surface area contributed by atoms with E-state index in [-0.39, 0.29) is 17.9 Å². The van der Waals surface area contributed by atoms with Gasteiger partial charge in [-0.3, -0.25) is 4.79 Å². The lowest BCUT2D eigenvalue weighted by Crippen LogP contribution is -2.22. The molecule has 0 aliphatic rings. The second-order valence-electron chi connectivity index (χ2n) is 5.53. The third-order valence-electron chi connectivity index (χ3n) is 3.85. The van der Waals surface area contributed by atoms with Crippen LogP contribution < -0.4 is 10.1 Å². The van der Waals surface area contributed by atoms with Crippen LogP contribution in [0.15, 0.2) is 48.5 Å². The van der Waals surface area contributed by atoms with Crippen LogP contribution in [-0.2, 0) is 4.79 Å². The maximum atomic E-state index is 12.1. The zero-order valence-corrected chi connectivity index (χ0v) is 13.8. The van der Waals surface area contributed by atoms with E-state index in [4.69, 9.17) is 9.84 Å². The molecule has 5 nitrogen and oxygen atoms in total. The highest BCUT2D eigenvalue weighted by molar-refractivity contribution is 6.00. The fraction of sp³-hybridized carbons (Fsp3) is 0.263. The maximum Gasteiger partial charge on any atom is 0.337 e. The van der Waals surface area contributed by atoms with Crippen LogP contribution in [0.2, 0.25) is 0 Å². The summed E-state index contributed by atoms with van der Waals surface area (Å²) in [6.07, 6.45) is 0.971. The number of benzene rings is 2. The van der Waals surface area contributed by atoms with E-state index in [9.17, 15) is 9.59 Å². The Morgan fingerprint density at radius 2 is 1.79 bits per heavy atom. The first-order valence-electron chi connectivity index (χ1n) is 7.86. The highest BCUT2D eigenvalue weighted by Gasteiger charge is 2.14. The number of nitrogens with one attached hydrogen (secondary N) is 1. The van der Waals surface area contributed by atoms with Crippen molar-refractivity contribution < 1.29 is 19.4 Å². The van der Waals surface area contributed by atoms with Gasteiger partial charge in [-0.1, -0.05) is 44.2 Å². The number of hydrogen-bond acceptors (Lipinski definition) is 3. The molecule has 5 heteroatoms. The first kappa shape index (κ1) is 17.5. The van der Waals surface area contributed by atoms with Crippen LogP contribution in [0.4, 0.5) is 5.69 Å². The first-order chi connectivity index (χ1) is 11.5. The molecule has 0 aromatic heterocycles. The molecule has 0 spiro atoms. The SMILES string of the molecule is CCC(C)c1ccccc1OCC(=O)Nc1ccccc1C(=O)O. The van der Waals surface area contributed by atoms with E-state index in [1.807, 2.05) is 24.3 Å². The summed E-state index contributed by atoms with van der Waals surface area (Å²) in [7, 11) is 0. The number of carboxylic acids is 1. The number of carbonyl (C=O) groups excluding carboxylic acids is 1. The zero-order valence-electron chi connectivity index (χ0n) is 13.8. The van der Waals surface area contributed by atoms with Crippen molar-refractivity contribution in [3.8, 4) is 5.75 Å². The largest absolute Gasteiger partial charge is 0.483 e. The van der Waals surface area contributed by atoms with Crippen LogP contribution in [0.3, 0.4) is 0 Å². The third-order valence-corrected chi connectivity index (χ3v) is 3.85. The number of amides is 1. The van der Waals surface area contributed by atoms with Crippen molar-refractivity contribution in [1.82, 2.24) is 0 Å². The molecule has 1 atom stereocenters. The van der Waals surface area contributed by atoms with Gasteiger partial charge < -0.3 is 15.2 Å². The molecule has 0 saturated carbocycles. The highest BCUT2D eigenvalue weighted by atomic mass is 16.5. The fourth-order valence-electron chi connectivity index (χ4n) is 2.35. The Bertz CT molecular complexity index is 727. The quantitative estimate of drug-likeness (QED) is 0.808. The van der Waals surface area contributed by atoms with E-state index in [2.05, 4.69) is 19.2 Å². The molecule has 0 aliphatic heterocycles. The van der Waals surface area contributed by atoms with Crippen molar-refractivity contribution in [2.45, 2.75) is 26.2 Å². The van der Waals surface area contributed by atoms with Crippen LogP contribution in [0, 0.1) is 0 Å². The Morgan fingerprint density at radius 1 is 1.12 bits per heavy atom. The van der Waals surface area contributed by atoms with E-state index in [1.165, 1.54) is 6.07 Å². The van der Waals surface area contributed by atoms with Crippen molar-refractivity contribution >= 4 is 17.6 Å². The first-order valence-corrected chi connectivity index (χ1v) is 7.86. The van der Waals surface area contributed by atoms with Crippen LogP contribution in [0.1, 0.15) is 42.1 Å². The summed E-state index contributed by atoms with van der Waals surface area (Å²) in [5.74, 6) is -0.484. The molecule has 2 aromatic carbocycles. The van der Waals surface area contributed by atoms with Crippen LogP contribution >= 0.6 is 0 Å². The van der Waals surface area contributed by atoms with Crippen molar-refractivity contribution in [2.75, 3.05) is 11.9 Å². The molecule has 0 saturated heterocycles. The van der Waals surface area contributed by atoms with Gasteiger partial charge in [0.2, 0.25) is 0 Å². The molecular formula is C19H21NO4. The van der Waals surface area contributed by atoms with Gasteiger partial charge in [0, 0.05) is 0 Å². The van der Waals surface area contributed by atoms with Gasteiger partial charge in [0.05, 0.1) is 11.3 Å². The molecule has 1 unspecified atom stereocenters. The van der Waals surface area contributed by atoms with Crippen LogP contribution in [-0.4, -0.2) is 23.6 Å². The molecule has 126 valence electrons. The molecular weight excluding hydrogens is 306 g/mol. The number of ether oxygens (including phenoxy) is 1. The highest BCUT2D eigenvalue weighted by Crippen LogP contribution is 2.28. The summed E-state index contributed by atoms with van der Waals surface area (Å²) in [4.78, 5) is 23.2. The Morgan fingerprint density at radius 3 is 2.50 bits per heavy atom. The molecule has 0 bridgehead atoms. The molecule has 0 radical (unpaired) electrons. The number of anilines is 1. The van der Waals surface area contributed by atoms with Crippen molar-refractivity contribution in [2.24, 2.45) is 0 Å². The standard InChI is InChI=1S/C19H21NO4/c1-3-13(2)14-8-5-7-11-17(14)24-12-18(21)20-16-10-6-4-9-15(16)19(22)23/h4-11,13H,3,12H2,1-2H3,(H,20,21)(H,22,23). The molecule has 24 heavy (non-hydrogen) atoms. The summed E-state index contributed by atoms with van der Waals surface area (Å²) in [5, 5.41) is 11.7. The maximum absolute atomic E-state index is 12.1. The number of hydrogen-bond donors (Lipinski definition) is 2. The lowest BCUT2D eigenvalue weighted by molar-refractivity contribution is -0.118. The average Bonchev–Trinajstić information content (AvgIpc) is 2.59. The van der Waals surface area contributed by atoms with Gasteiger partial charge in [-0.2, -0.15) is 0 Å². The van der Waals surface area contributed by atoms with Gasteiger partial charge in [0.1, 0.15) is 5.75 Å². The summed E-state index contributed by atoms with van der Waals surface area (Å²) in [6, 6.07) is 13.9. The molecule has 2 aromatic rings. The van der Waals surface area contributed by atoms with E-state index >= 15 is 0 Å². The second kappa shape index (κ2) is 8.15. The monoisotopic (exact) mass is 327 g/mol. The Labute approximate surface area is 141 Å². The molecule has 1 amide bonds. The van der Waals surface area contributed by atoms with Crippen molar-refractivity contribution in [3.63, 3.8) is 0 Å². The normalized spacial score (nSPS) is 11.6. The van der Waals surface area contributed by atoms with E-state index < -0.39 is 11.9 Å². The van der Waals surface area contributed by atoms with Crippen molar-refractivity contribution in [3.05, 3.63) is 59.7 Å². The minimum absolute atomic E-state index is 0.0471. The molecule has 2 rings (SSSR count). The van der Waals surface area contributed by atoms with Gasteiger partial charge in [0.15, 0.2) is 6.61 Å². The number of aromatic carboxylic acids is 1. The summed E-state index contributed by atoms with van der Waals surface area (Å²) >= 11 is 0. The topological polar surface area (TPSA) is 75.6 Å². The van der Waals surface area contributed by atoms with Crippen LogP contribution in [0.5, 0.6) is 5.75 Å². The Hall–Kier alpha value is -2.82. The van der Waals surface area contributed by atoms with Crippen molar-refractivity contribution in [1.29, 1.82) is 0 Å². The lowest BCUT2D eigenvalue weighted by atomic mass is 9.98. The van der Waals surface area contributed by atoms with Gasteiger partial charge in [-0.25, -0.2) is 4.79 Å². The molecule has 0 heterocycles. The van der Waals surface area contributed by atoms with E-state index in [1.54, 1.807) is 18.2 Å².